The quantitative estimate of drug-likeness (QED) is 0.139. The van der Waals surface area contributed by atoms with Gasteiger partial charge in [-0.1, -0.05) is 72.8 Å². The first-order chi connectivity index (χ1) is 27.7. The second-order valence-corrected chi connectivity index (χ2v) is 15.7. The lowest BCUT2D eigenvalue weighted by Crippen LogP contribution is -2.46. The highest BCUT2D eigenvalue weighted by Crippen LogP contribution is 2.36. The van der Waals surface area contributed by atoms with Crippen LogP contribution in [-0.2, 0) is 20.8 Å². The largest absolute Gasteiger partial charge is 0.436 e. The standard InChI is InChI=1S/C46H49N7O4/c1-50(2)41(31-13-7-5-8-14-31)45(55)52-25-11-17-37(52)39(54)27-30-19-21-33(22-20-30)44-47-29-40(57-44)34-23-24-35-36(28-34)49-43(48-35)38-18-12-26-53(38)46(56)42(51(3)4)32-15-9-6-10-16-32/h5-10,13-16,19-24,28-29,37-38,41-42H,11-12,17-18,25-27H2,1-4H3,(H,48,49)/t37-,38-,41+,42+/m0/s1. The third-order valence-corrected chi connectivity index (χ3v) is 11.4. The van der Waals surface area contributed by atoms with Crippen LogP contribution >= 0.6 is 0 Å². The fourth-order valence-corrected chi connectivity index (χ4v) is 8.55. The van der Waals surface area contributed by atoms with Crippen molar-refractivity contribution in [3.05, 3.63) is 132 Å². The Kier molecular flexibility index (Phi) is 10.9. The molecule has 11 nitrogen and oxygen atoms in total. The van der Waals surface area contributed by atoms with Crippen LogP contribution in [0.25, 0.3) is 33.8 Å². The Labute approximate surface area is 333 Å². The van der Waals surface area contributed by atoms with Crippen molar-refractivity contribution in [2.24, 2.45) is 0 Å². The predicted octanol–water partition coefficient (Wildman–Crippen LogP) is 7.26. The molecule has 1 N–H and O–H groups in total. The number of likely N-dealkylation sites (N-methyl/N-ethyl adjacent to an activating group) is 2. The normalized spacial score (nSPS) is 18.1. The summed E-state index contributed by atoms with van der Waals surface area (Å²) in [5, 5.41) is 0. The van der Waals surface area contributed by atoms with E-state index in [9.17, 15) is 14.4 Å². The number of imidazole rings is 1. The minimum atomic E-state index is -0.440. The van der Waals surface area contributed by atoms with Crippen molar-refractivity contribution in [1.29, 1.82) is 0 Å². The average Bonchev–Trinajstić information content (AvgIpc) is 4.05. The molecular weight excluding hydrogens is 715 g/mol. The summed E-state index contributed by atoms with van der Waals surface area (Å²) in [4.78, 5) is 62.1. The van der Waals surface area contributed by atoms with E-state index in [1.807, 2.05) is 146 Å². The summed E-state index contributed by atoms with van der Waals surface area (Å²) in [7, 11) is 7.69. The van der Waals surface area contributed by atoms with Crippen molar-refractivity contribution < 1.29 is 18.8 Å². The molecule has 2 saturated heterocycles. The van der Waals surface area contributed by atoms with Gasteiger partial charge in [-0.05, 0) is 101 Å². The summed E-state index contributed by atoms with van der Waals surface area (Å²) in [6, 6.07) is 31.9. The van der Waals surface area contributed by atoms with Crippen LogP contribution in [0.2, 0.25) is 0 Å². The maximum atomic E-state index is 14.0. The van der Waals surface area contributed by atoms with Gasteiger partial charge in [-0.25, -0.2) is 9.97 Å². The summed E-state index contributed by atoms with van der Waals surface area (Å²) < 4.78 is 6.25. The second-order valence-electron chi connectivity index (χ2n) is 15.7. The maximum Gasteiger partial charge on any atom is 0.245 e. The van der Waals surface area contributed by atoms with Crippen LogP contribution in [0.3, 0.4) is 0 Å². The summed E-state index contributed by atoms with van der Waals surface area (Å²) in [5.41, 5.74) is 6.11. The number of oxazole rings is 1. The number of fused-ring (bicyclic) bond motifs is 1. The molecule has 2 aromatic heterocycles. The van der Waals surface area contributed by atoms with E-state index in [0.29, 0.717) is 31.2 Å². The second kappa shape index (κ2) is 16.3. The SMILES string of the molecule is CN(C)[C@@H](C(=O)N1CCC[C@H]1C(=O)Cc1ccc(-c2ncc(-c3ccc4nc([C@@H]5CCCN5C(=O)[C@@H](c5ccccc5)N(C)C)[nH]c4c3)o2)cc1)c1ccccc1. The van der Waals surface area contributed by atoms with E-state index in [2.05, 4.69) is 9.97 Å². The van der Waals surface area contributed by atoms with Crippen LogP contribution < -0.4 is 0 Å². The van der Waals surface area contributed by atoms with Crippen molar-refractivity contribution in [2.75, 3.05) is 41.3 Å². The predicted molar refractivity (Wildman–Crippen MR) is 220 cm³/mol. The molecule has 2 amide bonds. The van der Waals surface area contributed by atoms with Gasteiger partial charge in [0.2, 0.25) is 17.7 Å². The lowest BCUT2D eigenvalue weighted by atomic mass is 9.99. The number of benzene rings is 4. The molecule has 57 heavy (non-hydrogen) atoms. The van der Waals surface area contributed by atoms with Crippen LogP contribution in [-0.4, -0.2) is 99.5 Å². The van der Waals surface area contributed by atoms with Crippen LogP contribution in [0.4, 0.5) is 0 Å². The number of carbonyl (C=O) groups excluding carboxylic acids is 3. The van der Waals surface area contributed by atoms with E-state index in [1.165, 1.54) is 0 Å². The molecule has 8 rings (SSSR count). The number of aromatic nitrogens is 3. The van der Waals surface area contributed by atoms with E-state index in [4.69, 9.17) is 9.40 Å². The number of H-pyrrole nitrogens is 1. The molecule has 2 fully saturated rings. The zero-order valence-electron chi connectivity index (χ0n) is 33.0. The molecule has 0 radical (unpaired) electrons. The third kappa shape index (κ3) is 7.77. The van der Waals surface area contributed by atoms with E-state index < -0.39 is 12.1 Å². The number of rotatable bonds is 12. The summed E-state index contributed by atoms with van der Waals surface area (Å²) >= 11 is 0. The minimum Gasteiger partial charge on any atom is -0.436 e. The third-order valence-electron chi connectivity index (χ3n) is 11.4. The van der Waals surface area contributed by atoms with Crippen LogP contribution in [0.5, 0.6) is 0 Å². The fraction of sp³-hybridized carbons (Fsp3) is 0.326. The first kappa shape index (κ1) is 38.0. The molecule has 0 unspecified atom stereocenters. The van der Waals surface area contributed by atoms with E-state index >= 15 is 0 Å². The molecule has 0 aliphatic carbocycles. The summed E-state index contributed by atoms with van der Waals surface area (Å²) in [5.74, 6) is 1.97. The topological polar surface area (TPSA) is 119 Å². The maximum absolute atomic E-state index is 14.0. The molecule has 292 valence electrons. The molecule has 4 atom stereocenters. The van der Waals surface area contributed by atoms with Crippen molar-refractivity contribution >= 4 is 28.6 Å². The van der Waals surface area contributed by atoms with Gasteiger partial charge in [0.1, 0.15) is 17.9 Å². The highest BCUT2D eigenvalue weighted by Gasteiger charge is 2.39. The van der Waals surface area contributed by atoms with E-state index in [0.717, 1.165) is 63.9 Å². The number of likely N-dealkylation sites (tertiary alicyclic amines) is 2. The van der Waals surface area contributed by atoms with Gasteiger partial charge in [0.15, 0.2) is 11.5 Å². The van der Waals surface area contributed by atoms with E-state index in [1.54, 1.807) is 11.1 Å². The van der Waals surface area contributed by atoms with Gasteiger partial charge < -0.3 is 19.2 Å². The van der Waals surface area contributed by atoms with Gasteiger partial charge in [-0.15, -0.1) is 0 Å². The lowest BCUT2D eigenvalue weighted by Gasteiger charge is -2.31. The zero-order chi connectivity index (χ0) is 39.6. The Hall–Kier alpha value is -5.91. The van der Waals surface area contributed by atoms with Gasteiger partial charge in [0, 0.05) is 30.6 Å². The molecule has 2 aliphatic heterocycles. The Morgan fingerprint density at radius 1 is 0.754 bits per heavy atom. The number of hydrogen-bond acceptors (Lipinski definition) is 8. The highest BCUT2D eigenvalue weighted by molar-refractivity contribution is 5.93. The van der Waals surface area contributed by atoms with Crippen molar-refractivity contribution in [2.45, 2.75) is 56.3 Å². The Morgan fingerprint density at radius 2 is 1.35 bits per heavy atom. The number of ketones is 1. The van der Waals surface area contributed by atoms with E-state index in [-0.39, 0.29) is 36.1 Å². The van der Waals surface area contributed by atoms with Gasteiger partial charge in [-0.2, -0.15) is 0 Å². The number of amides is 2. The zero-order valence-corrected chi connectivity index (χ0v) is 33.0. The lowest BCUT2D eigenvalue weighted by molar-refractivity contribution is -0.141. The molecular formula is C46H49N7O4. The van der Waals surface area contributed by atoms with Gasteiger partial charge in [0.05, 0.1) is 29.3 Å². The summed E-state index contributed by atoms with van der Waals surface area (Å²) in [6.45, 7) is 1.27. The fourth-order valence-electron chi connectivity index (χ4n) is 8.55. The Bertz CT molecular complexity index is 2350. The molecule has 0 spiro atoms. The summed E-state index contributed by atoms with van der Waals surface area (Å²) in [6.07, 6.45) is 5.20. The first-order valence-electron chi connectivity index (χ1n) is 19.8. The average molecular weight is 764 g/mol. The van der Waals surface area contributed by atoms with Crippen LogP contribution in [0.1, 0.15) is 66.3 Å². The van der Waals surface area contributed by atoms with Gasteiger partial charge >= 0.3 is 0 Å². The molecule has 4 aromatic carbocycles. The number of aromatic amines is 1. The Morgan fingerprint density at radius 3 is 2.00 bits per heavy atom. The van der Waals surface area contributed by atoms with Crippen LogP contribution in [0, 0.1) is 0 Å². The molecule has 0 saturated carbocycles. The minimum absolute atomic E-state index is 0.0333. The number of Topliss-reactive ketones (excluding diaryl/α,β-unsaturated/α-hetero) is 1. The highest BCUT2D eigenvalue weighted by atomic mass is 16.4. The smallest absolute Gasteiger partial charge is 0.245 e. The van der Waals surface area contributed by atoms with Gasteiger partial charge in [0.25, 0.3) is 0 Å². The molecule has 11 heteroatoms. The molecule has 0 bridgehead atoms. The molecule has 4 heterocycles. The first-order valence-corrected chi connectivity index (χ1v) is 19.8. The number of nitrogens with zero attached hydrogens (tertiary/aromatic N) is 6. The number of carbonyl (C=O) groups is 3. The molecule has 6 aromatic rings. The van der Waals surface area contributed by atoms with Crippen molar-refractivity contribution in [3.63, 3.8) is 0 Å². The van der Waals surface area contributed by atoms with Crippen molar-refractivity contribution in [1.82, 2.24) is 34.6 Å². The number of nitrogens with one attached hydrogen (secondary N) is 1. The number of hydrogen-bond donors (Lipinski definition) is 1. The van der Waals surface area contributed by atoms with Crippen molar-refractivity contribution in [3.8, 4) is 22.8 Å². The van der Waals surface area contributed by atoms with Crippen LogP contribution in [0.15, 0.2) is 114 Å². The Balaban J connectivity index is 0.933. The van der Waals surface area contributed by atoms with Gasteiger partial charge in [-0.3, -0.25) is 24.2 Å². The molecule has 2 aliphatic rings. The monoisotopic (exact) mass is 763 g/mol.